The molecule has 0 saturated heterocycles. The van der Waals surface area contributed by atoms with Crippen molar-refractivity contribution in [3.63, 3.8) is 0 Å². The van der Waals surface area contributed by atoms with Gasteiger partial charge in [-0.3, -0.25) is 0 Å². The molecule has 0 aromatic heterocycles. The molecule has 0 fully saturated rings. The van der Waals surface area contributed by atoms with Crippen LogP contribution in [0.25, 0.3) is 0 Å². The fraction of sp³-hybridized carbons (Fsp3) is 0.300. The fourth-order valence-electron chi connectivity index (χ4n) is 1.18. The van der Waals surface area contributed by atoms with Gasteiger partial charge in [-0.05, 0) is 30.2 Å². The molecule has 0 bridgehead atoms. The van der Waals surface area contributed by atoms with Crippen molar-refractivity contribution in [1.82, 2.24) is 0 Å². The van der Waals surface area contributed by atoms with Crippen LogP contribution >= 0.6 is 11.6 Å². The van der Waals surface area contributed by atoms with Crippen molar-refractivity contribution in [1.29, 1.82) is 5.26 Å². The SMILES string of the molecule is COc1cc(C)c(CCl)c(C#N)c1. The Balaban J connectivity index is 3.31. The average Bonchev–Trinajstić information content (AvgIpc) is 2.16. The molecule has 68 valence electrons. The molecule has 0 spiro atoms. The maximum absolute atomic E-state index is 8.83. The summed E-state index contributed by atoms with van der Waals surface area (Å²) >= 11 is 5.72. The fourth-order valence-corrected chi connectivity index (χ4v) is 1.53. The van der Waals surface area contributed by atoms with E-state index in [2.05, 4.69) is 6.07 Å². The first kappa shape index (κ1) is 9.88. The summed E-state index contributed by atoms with van der Waals surface area (Å²) in [4.78, 5) is 0. The minimum Gasteiger partial charge on any atom is -0.497 e. The van der Waals surface area contributed by atoms with E-state index in [1.54, 1.807) is 13.2 Å². The van der Waals surface area contributed by atoms with Crippen molar-refractivity contribution in [3.05, 3.63) is 28.8 Å². The Bertz CT molecular complexity index is 355. The van der Waals surface area contributed by atoms with Gasteiger partial charge in [-0.25, -0.2) is 0 Å². The topological polar surface area (TPSA) is 33.0 Å². The normalized spacial score (nSPS) is 9.38. The summed E-state index contributed by atoms with van der Waals surface area (Å²) in [6, 6.07) is 5.67. The summed E-state index contributed by atoms with van der Waals surface area (Å²) in [7, 11) is 1.58. The number of nitriles is 1. The molecule has 0 heterocycles. The third-order valence-corrected chi connectivity index (χ3v) is 2.20. The van der Waals surface area contributed by atoms with Crippen molar-refractivity contribution >= 4 is 11.6 Å². The summed E-state index contributed by atoms with van der Waals surface area (Å²) in [5, 5.41) is 8.83. The van der Waals surface area contributed by atoms with Gasteiger partial charge in [0.2, 0.25) is 0 Å². The molecule has 0 radical (unpaired) electrons. The number of hydrogen-bond donors (Lipinski definition) is 0. The number of alkyl halides is 1. The van der Waals surface area contributed by atoms with Crippen LogP contribution in [-0.4, -0.2) is 7.11 Å². The maximum Gasteiger partial charge on any atom is 0.120 e. The molecular weight excluding hydrogens is 186 g/mol. The number of ether oxygens (including phenoxy) is 1. The van der Waals surface area contributed by atoms with Crippen LogP contribution in [0.1, 0.15) is 16.7 Å². The molecule has 2 nitrogen and oxygen atoms in total. The summed E-state index contributed by atoms with van der Waals surface area (Å²) in [6.07, 6.45) is 0. The molecule has 0 unspecified atom stereocenters. The van der Waals surface area contributed by atoms with Crippen molar-refractivity contribution < 1.29 is 4.74 Å². The zero-order valence-corrected chi connectivity index (χ0v) is 8.35. The highest BCUT2D eigenvalue weighted by atomic mass is 35.5. The van der Waals surface area contributed by atoms with Gasteiger partial charge in [-0.15, -0.1) is 11.6 Å². The van der Waals surface area contributed by atoms with E-state index >= 15 is 0 Å². The van der Waals surface area contributed by atoms with Gasteiger partial charge in [0.1, 0.15) is 5.75 Å². The molecule has 0 N–H and O–H groups in total. The Kier molecular flexibility index (Phi) is 3.16. The van der Waals surface area contributed by atoms with Crippen LogP contribution in [-0.2, 0) is 5.88 Å². The number of benzene rings is 1. The molecule has 0 aliphatic carbocycles. The first-order valence-electron chi connectivity index (χ1n) is 3.86. The summed E-state index contributed by atoms with van der Waals surface area (Å²) in [5.74, 6) is 1.06. The van der Waals surface area contributed by atoms with Gasteiger partial charge in [0.15, 0.2) is 0 Å². The number of aryl methyl sites for hydroxylation is 1. The minimum absolute atomic E-state index is 0.360. The lowest BCUT2D eigenvalue weighted by Crippen LogP contribution is -1.93. The van der Waals surface area contributed by atoms with E-state index in [4.69, 9.17) is 21.6 Å². The van der Waals surface area contributed by atoms with Gasteiger partial charge in [0.05, 0.1) is 18.7 Å². The molecule has 13 heavy (non-hydrogen) atoms. The summed E-state index contributed by atoms with van der Waals surface area (Å²) in [5.41, 5.74) is 2.46. The van der Waals surface area contributed by atoms with Crippen molar-refractivity contribution in [3.8, 4) is 11.8 Å². The lowest BCUT2D eigenvalue weighted by Gasteiger charge is -2.07. The van der Waals surface area contributed by atoms with E-state index in [0.29, 0.717) is 17.2 Å². The first-order chi connectivity index (χ1) is 6.22. The largest absolute Gasteiger partial charge is 0.497 e. The van der Waals surface area contributed by atoms with Crippen molar-refractivity contribution in [2.24, 2.45) is 0 Å². The summed E-state index contributed by atoms with van der Waals surface area (Å²) < 4.78 is 5.04. The molecule has 0 amide bonds. The Labute approximate surface area is 82.7 Å². The third-order valence-electron chi connectivity index (χ3n) is 1.94. The van der Waals surface area contributed by atoms with E-state index in [1.807, 2.05) is 13.0 Å². The molecule has 0 aliphatic heterocycles. The van der Waals surface area contributed by atoms with Gasteiger partial charge in [0, 0.05) is 5.88 Å². The van der Waals surface area contributed by atoms with Crippen LogP contribution in [0.5, 0.6) is 5.75 Å². The van der Waals surface area contributed by atoms with Crippen LogP contribution in [0.2, 0.25) is 0 Å². The third kappa shape index (κ3) is 1.93. The van der Waals surface area contributed by atoms with Crippen LogP contribution in [0, 0.1) is 18.3 Å². The minimum atomic E-state index is 0.360. The van der Waals surface area contributed by atoms with Gasteiger partial charge < -0.3 is 4.74 Å². The van der Waals surface area contributed by atoms with Crippen molar-refractivity contribution in [2.75, 3.05) is 7.11 Å². The first-order valence-corrected chi connectivity index (χ1v) is 4.40. The molecule has 1 rings (SSSR count). The molecule has 0 aliphatic rings. The second kappa shape index (κ2) is 4.15. The molecular formula is C10H10ClNO. The molecule has 1 aromatic rings. The Hall–Kier alpha value is -1.20. The molecule has 0 saturated carbocycles. The highest BCUT2D eigenvalue weighted by Crippen LogP contribution is 2.22. The zero-order valence-electron chi connectivity index (χ0n) is 7.60. The standard InChI is InChI=1S/C10H10ClNO/c1-7-3-9(13-2)4-8(6-12)10(7)5-11/h3-4H,5H2,1-2H3. The Morgan fingerprint density at radius 3 is 2.69 bits per heavy atom. The molecule has 0 atom stereocenters. The lowest BCUT2D eigenvalue weighted by molar-refractivity contribution is 0.414. The number of methoxy groups -OCH3 is 1. The quantitative estimate of drug-likeness (QED) is 0.680. The van der Waals surface area contributed by atoms with Gasteiger partial charge in [0.25, 0.3) is 0 Å². The Morgan fingerprint density at radius 1 is 1.54 bits per heavy atom. The van der Waals surface area contributed by atoms with E-state index in [0.717, 1.165) is 11.1 Å². The second-order valence-electron chi connectivity index (χ2n) is 2.72. The highest BCUT2D eigenvalue weighted by molar-refractivity contribution is 6.17. The monoisotopic (exact) mass is 195 g/mol. The zero-order chi connectivity index (χ0) is 9.84. The average molecular weight is 196 g/mol. The maximum atomic E-state index is 8.83. The predicted molar refractivity (Wildman–Crippen MR) is 52.0 cm³/mol. The number of halogens is 1. The van der Waals surface area contributed by atoms with Crippen LogP contribution in [0.4, 0.5) is 0 Å². The number of nitrogens with zero attached hydrogens (tertiary/aromatic N) is 1. The van der Waals surface area contributed by atoms with Crippen molar-refractivity contribution in [2.45, 2.75) is 12.8 Å². The smallest absolute Gasteiger partial charge is 0.120 e. The van der Waals surface area contributed by atoms with E-state index < -0.39 is 0 Å². The van der Waals surface area contributed by atoms with Gasteiger partial charge >= 0.3 is 0 Å². The molecule has 3 heteroatoms. The van der Waals surface area contributed by atoms with E-state index in [1.165, 1.54) is 0 Å². The highest BCUT2D eigenvalue weighted by Gasteiger charge is 2.06. The van der Waals surface area contributed by atoms with Crippen LogP contribution in [0.15, 0.2) is 12.1 Å². The molecule has 1 aromatic carbocycles. The van der Waals surface area contributed by atoms with Gasteiger partial charge in [-0.2, -0.15) is 5.26 Å². The summed E-state index contributed by atoms with van der Waals surface area (Å²) in [6.45, 7) is 1.92. The van der Waals surface area contributed by atoms with Crippen LogP contribution < -0.4 is 4.74 Å². The second-order valence-corrected chi connectivity index (χ2v) is 2.98. The lowest BCUT2D eigenvalue weighted by atomic mass is 10.0. The van der Waals surface area contributed by atoms with Gasteiger partial charge in [-0.1, -0.05) is 0 Å². The Morgan fingerprint density at radius 2 is 2.23 bits per heavy atom. The predicted octanol–water partition coefficient (Wildman–Crippen LogP) is 2.61. The number of rotatable bonds is 2. The van der Waals surface area contributed by atoms with E-state index in [9.17, 15) is 0 Å². The van der Waals surface area contributed by atoms with Crippen LogP contribution in [0.3, 0.4) is 0 Å². The van der Waals surface area contributed by atoms with E-state index in [-0.39, 0.29) is 0 Å². The number of hydrogen-bond acceptors (Lipinski definition) is 2.